The van der Waals surface area contributed by atoms with E-state index < -0.39 is 0 Å². The molecule has 0 atom stereocenters. The van der Waals surface area contributed by atoms with Crippen LogP contribution in [0, 0.1) is 5.92 Å². The number of carbonyl (C=O) groups excluding carboxylic acids is 1. The molecule has 0 unspecified atom stereocenters. The standard InChI is InChI=1S/C18H17ClN2O2S2/c1-11(2)9-21-17(23)13-6-5-12(19)8-14(13)20-18(21)25-10-15(22)16-4-3-7-24-16/h3-8,11H,9-10H2,1-2H3. The molecule has 0 radical (unpaired) electrons. The van der Waals surface area contributed by atoms with E-state index in [1.165, 1.54) is 23.1 Å². The minimum atomic E-state index is -0.0959. The number of halogens is 1. The number of hydrogen-bond acceptors (Lipinski definition) is 5. The topological polar surface area (TPSA) is 52.0 Å². The van der Waals surface area contributed by atoms with E-state index in [0.29, 0.717) is 32.5 Å². The highest BCUT2D eigenvalue weighted by molar-refractivity contribution is 7.99. The smallest absolute Gasteiger partial charge is 0.262 e. The summed E-state index contributed by atoms with van der Waals surface area (Å²) in [5.74, 6) is 0.574. The van der Waals surface area contributed by atoms with Gasteiger partial charge in [0.05, 0.1) is 21.5 Å². The predicted octanol–water partition coefficient (Wildman–Crippen LogP) is 4.74. The zero-order valence-corrected chi connectivity index (χ0v) is 16.2. The fourth-order valence-corrected chi connectivity index (χ4v) is 4.26. The van der Waals surface area contributed by atoms with Gasteiger partial charge in [-0.05, 0) is 35.6 Å². The zero-order valence-electron chi connectivity index (χ0n) is 13.9. The summed E-state index contributed by atoms with van der Waals surface area (Å²) in [5.41, 5.74) is 0.463. The molecule has 0 N–H and O–H groups in total. The molecule has 2 aromatic heterocycles. The van der Waals surface area contributed by atoms with E-state index in [-0.39, 0.29) is 23.0 Å². The second-order valence-corrected chi connectivity index (χ2v) is 8.38. The molecular formula is C18H17ClN2O2S2. The summed E-state index contributed by atoms with van der Waals surface area (Å²) >= 11 is 8.75. The van der Waals surface area contributed by atoms with Crippen molar-refractivity contribution in [2.75, 3.05) is 5.75 Å². The molecule has 0 bridgehead atoms. The van der Waals surface area contributed by atoms with Crippen LogP contribution in [0.3, 0.4) is 0 Å². The third-order valence-electron chi connectivity index (χ3n) is 3.56. The van der Waals surface area contributed by atoms with Crippen LogP contribution < -0.4 is 5.56 Å². The molecule has 0 saturated heterocycles. The van der Waals surface area contributed by atoms with E-state index in [4.69, 9.17) is 11.6 Å². The number of benzene rings is 1. The fourth-order valence-electron chi connectivity index (χ4n) is 2.45. The number of thioether (sulfide) groups is 1. The fraction of sp³-hybridized carbons (Fsp3) is 0.278. The van der Waals surface area contributed by atoms with Gasteiger partial charge in [-0.2, -0.15) is 0 Å². The van der Waals surface area contributed by atoms with Crippen molar-refractivity contribution in [2.24, 2.45) is 5.92 Å². The summed E-state index contributed by atoms with van der Waals surface area (Å²) in [7, 11) is 0. The number of rotatable bonds is 6. The van der Waals surface area contributed by atoms with E-state index >= 15 is 0 Å². The molecule has 0 amide bonds. The van der Waals surface area contributed by atoms with Crippen LogP contribution in [0.4, 0.5) is 0 Å². The maximum Gasteiger partial charge on any atom is 0.262 e. The number of fused-ring (bicyclic) bond motifs is 1. The molecule has 0 spiro atoms. The van der Waals surface area contributed by atoms with Gasteiger partial charge in [-0.1, -0.05) is 43.3 Å². The van der Waals surface area contributed by atoms with Crippen LogP contribution in [0.2, 0.25) is 5.02 Å². The lowest BCUT2D eigenvalue weighted by molar-refractivity contribution is 0.102. The second-order valence-electron chi connectivity index (χ2n) is 6.05. The number of Topliss-reactive ketones (excluding diaryl/α,β-unsaturated/α-hetero) is 1. The van der Waals surface area contributed by atoms with Gasteiger partial charge in [-0.15, -0.1) is 11.3 Å². The number of nitrogens with zero attached hydrogens (tertiary/aromatic N) is 2. The first-order chi connectivity index (χ1) is 12.0. The highest BCUT2D eigenvalue weighted by Gasteiger charge is 2.15. The lowest BCUT2D eigenvalue weighted by Crippen LogP contribution is -2.25. The first-order valence-corrected chi connectivity index (χ1v) is 10.1. The van der Waals surface area contributed by atoms with Crippen molar-refractivity contribution >= 4 is 51.4 Å². The Kier molecular flexibility index (Phi) is 5.61. The molecule has 7 heteroatoms. The SMILES string of the molecule is CC(C)Cn1c(SCC(=O)c2cccs2)nc2cc(Cl)ccc2c1=O. The van der Waals surface area contributed by atoms with Gasteiger partial charge in [0, 0.05) is 11.6 Å². The van der Waals surface area contributed by atoms with Gasteiger partial charge < -0.3 is 0 Å². The number of aromatic nitrogens is 2. The van der Waals surface area contributed by atoms with Crippen LogP contribution >= 0.6 is 34.7 Å². The monoisotopic (exact) mass is 392 g/mol. The molecule has 0 aliphatic heterocycles. The summed E-state index contributed by atoms with van der Waals surface area (Å²) in [6.45, 7) is 4.65. The van der Waals surface area contributed by atoms with Gasteiger partial charge in [0.2, 0.25) is 0 Å². The lowest BCUT2D eigenvalue weighted by atomic mass is 10.2. The lowest BCUT2D eigenvalue weighted by Gasteiger charge is -2.14. The van der Waals surface area contributed by atoms with E-state index in [1.54, 1.807) is 22.8 Å². The van der Waals surface area contributed by atoms with Crippen molar-refractivity contribution in [3.63, 3.8) is 0 Å². The quantitative estimate of drug-likeness (QED) is 0.345. The normalized spacial score (nSPS) is 11.4. The third kappa shape index (κ3) is 4.14. The summed E-state index contributed by atoms with van der Waals surface area (Å²) in [4.78, 5) is 30.4. The van der Waals surface area contributed by atoms with Crippen molar-refractivity contribution in [1.29, 1.82) is 0 Å². The number of thiophene rings is 1. The van der Waals surface area contributed by atoms with Crippen LogP contribution in [0.1, 0.15) is 23.5 Å². The van der Waals surface area contributed by atoms with Crippen molar-refractivity contribution in [1.82, 2.24) is 9.55 Å². The van der Waals surface area contributed by atoms with E-state index in [0.717, 1.165) is 0 Å². The Balaban J connectivity index is 1.99. The molecule has 2 heterocycles. The summed E-state index contributed by atoms with van der Waals surface area (Å²) in [6, 6.07) is 8.74. The Bertz CT molecular complexity index is 965. The highest BCUT2D eigenvalue weighted by Crippen LogP contribution is 2.23. The summed E-state index contributed by atoms with van der Waals surface area (Å²) in [5, 5.41) is 3.51. The van der Waals surface area contributed by atoms with E-state index in [2.05, 4.69) is 4.98 Å². The Hall–Kier alpha value is -1.63. The summed E-state index contributed by atoms with van der Waals surface area (Å²) in [6.07, 6.45) is 0. The van der Waals surface area contributed by atoms with E-state index in [9.17, 15) is 9.59 Å². The first kappa shape index (κ1) is 18.2. The number of ketones is 1. The Morgan fingerprint density at radius 3 is 2.84 bits per heavy atom. The van der Waals surface area contributed by atoms with Gasteiger partial charge in [0.1, 0.15) is 0 Å². The van der Waals surface area contributed by atoms with Crippen LogP contribution in [-0.4, -0.2) is 21.1 Å². The van der Waals surface area contributed by atoms with Crippen molar-refractivity contribution in [3.8, 4) is 0 Å². The molecular weight excluding hydrogens is 376 g/mol. The van der Waals surface area contributed by atoms with Gasteiger partial charge in [-0.3, -0.25) is 14.2 Å². The van der Waals surface area contributed by atoms with Gasteiger partial charge in [0.25, 0.3) is 5.56 Å². The molecule has 130 valence electrons. The van der Waals surface area contributed by atoms with Crippen LogP contribution in [0.15, 0.2) is 45.7 Å². The van der Waals surface area contributed by atoms with Crippen LogP contribution in [0.5, 0.6) is 0 Å². The Morgan fingerprint density at radius 1 is 1.36 bits per heavy atom. The van der Waals surface area contributed by atoms with Gasteiger partial charge in [-0.25, -0.2) is 4.98 Å². The van der Waals surface area contributed by atoms with E-state index in [1.807, 2.05) is 31.4 Å². The van der Waals surface area contributed by atoms with Crippen molar-refractivity contribution < 1.29 is 4.79 Å². The molecule has 0 fully saturated rings. The van der Waals surface area contributed by atoms with Gasteiger partial charge >= 0.3 is 0 Å². The van der Waals surface area contributed by atoms with Crippen molar-refractivity contribution in [3.05, 3.63) is 56.0 Å². The molecule has 4 nitrogen and oxygen atoms in total. The minimum absolute atomic E-state index is 0.0385. The maximum atomic E-state index is 12.9. The molecule has 0 saturated carbocycles. The van der Waals surface area contributed by atoms with Crippen molar-refractivity contribution in [2.45, 2.75) is 25.5 Å². The number of hydrogen-bond donors (Lipinski definition) is 0. The highest BCUT2D eigenvalue weighted by atomic mass is 35.5. The first-order valence-electron chi connectivity index (χ1n) is 7.85. The molecule has 3 rings (SSSR count). The molecule has 3 aromatic rings. The largest absolute Gasteiger partial charge is 0.292 e. The van der Waals surface area contributed by atoms with Gasteiger partial charge in [0.15, 0.2) is 10.9 Å². The van der Waals surface area contributed by atoms with Crippen LogP contribution in [0.25, 0.3) is 10.9 Å². The minimum Gasteiger partial charge on any atom is -0.292 e. The number of carbonyl (C=O) groups is 1. The van der Waals surface area contributed by atoms with Crippen LogP contribution in [-0.2, 0) is 6.54 Å². The third-order valence-corrected chi connectivity index (χ3v) is 5.68. The average molecular weight is 393 g/mol. The predicted molar refractivity (Wildman–Crippen MR) is 105 cm³/mol. The molecule has 0 aliphatic rings. The zero-order chi connectivity index (χ0) is 18.0. The Labute approximate surface area is 158 Å². The Morgan fingerprint density at radius 2 is 2.16 bits per heavy atom. The molecule has 0 aliphatic carbocycles. The molecule has 1 aromatic carbocycles. The second kappa shape index (κ2) is 7.72. The summed E-state index contributed by atoms with van der Waals surface area (Å²) < 4.78 is 1.66. The average Bonchev–Trinajstić information content (AvgIpc) is 3.09. The maximum absolute atomic E-state index is 12.9. The molecule has 25 heavy (non-hydrogen) atoms.